The van der Waals surface area contributed by atoms with E-state index in [1.165, 1.54) is 38.7 Å². The SMILES string of the molecule is COc1cc(C(=O)NC2C[C@H]3CCC[C@@H](C2)N3Cc2nc3c(C(F)(F)F)cccc3s2)cc(OC)c1OC. The monoisotopic (exact) mass is 549 g/mol. The van der Waals surface area contributed by atoms with E-state index in [9.17, 15) is 18.0 Å². The van der Waals surface area contributed by atoms with E-state index in [0.717, 1.165) is 38.2 Å². The molecule has 1 aromatic heterocycles. The van der Waals surface area contributed by atoms with Crippen LogP contribution in [0.5, 0.6) is 17.2 Å². The topological polar surface area (TPSA) is 72.9 Å². The molecule has 0 aliphatic carbocycles. The lowest BCUT2D eigenvalue weighted by Crippen LogP contribution is -2.56. The van der Waals surface area contributed by atoms with Gasteiger partial charge in [-0.2, -0.15) is 13.2 Å². The molecule has 1 N–H and O–H groups in total. The third-order valence-corrected chi connectivity index (χ3v) is 8.48. The van der Waals surface area contributed by atoms with Crippen molar-refractivity contribution in [2.45, 2.75) is 63.0 Å². The first-order valence-corrected chi connectivity index (χ1v) is 13.4. The van der Waals surface area contributed by atoms with Crippen molar-refractivity contribution >= 4 is 27.5 Å². The minimum Gasteiger partial charge on any atom is -0.493 e. The number of methoxy groups -OCH3 is 3. The van der Waals surface area contributed by atoms with E-state index < -0.39 is 11.7 Å². The molecule has 1 unspecified atom stereocenters. The normalized spacial score (nSPS) is 21.8. The number of carbonyl (C=O) groups is 1. The van der Waals surface area contributed by atoms with Gasteiger partial charge in [0.1, 0.15) is 5.01 Å². The van der Waals surface area contributed by atoms with Crippen molar-refractivity contribution in [1.82, 2.24) is 15.2 Å². The van der Waals surface area contributed by atoms with Crippen molar-refractivity contribution in [3.05, 3.63) is 46.5 Å². The second kappa shape index (κ2) is 10.6. The Bertz CT molecular complexity index is 1290. The molecule has 2 bridgehead atoms. The highest BCUT2D eigenvalue weighted by atomic mass is 32.1. The summed E-state index contributed by atoms with van der Waals surface area (Å²) >= 11 is 1.32. The van der Waals surface area contributed by atoms with Gasteiger partial charge in [-0.1, -0.05) is 12.5 Å². The van der Waals surface area contributed by atoms with Gasteiger partial charge in [-0.15, -0.1) is 11.3 Å². The molecule has 3 atom stereocenters. The van der Waals surface area contributed by atoms with Crippen LogP contribution in [0.3, 0.4) is 0 Å². The van der Waals surface area contributed by atoms with Gasteiger partial charge < -0.3 is 19.5 Å². The van der Waals surface area contributed by atoms with E-state index in [0.29, 0.717) is 39.1 Å². The van der Waals surface area contributed by atoms with Crippen LogP contribution in [0.1, 0.15) is 53.0 Å². The van der Waals surface area contributed by atoms with Crippen molar-refractivity contribution < 1.29 is 32.2 Å². The van der Waals surface area contributed by atoms with Gasteiger partial charge in [-0.3, -0.25) is 9.69 Å². The highest BCUT2D eigenvalue weighted by molar-refractivity contribution is 7.18. The van der Waals surface area contributed by atoms with Crippen LogP contribution in [0.15, 0.2) is 30.3 Å². The summed E-state index contributed by atoms with van der Waals surface area (Å²) in [6.07, 6.45) is 0.154. The first kappa shape index (κ1) is 26.6. The van der Waals surface area contributed by atoms with Gasteiger partial charge in [0.05, 0.1) is 43.7 Å². The molecule has 5 rings (SSSR count). The predicted octanol–water partition coefficient (Wildman–Crippen LogP) is 5.66. The summed E-state index contributed by atoms with van der Waals surface area (Å²) in [7, 11) is 4.52. The third-order valence-electron chi connectivity index (χ3n) is 7.47. The van der Waals surface area contributed by atoms with E-state index in [1.54, 1.807) is 18.2 Å². The average Bonchev–Trinajstić information content (AvgIpc) is 3.30. The second-order valence-electron chi connectivity index (χ2n) is 9.72. The Morgan fingerprint density at radius 1 is 1.08 bits per heavy atom. The van der Waals surface area contributed by atoms with Gasteiger partial charge in [0.15, 0.2) is 11.5 Å². The molecule has 2 saturated heterocycles. The quantitative estimate of drug-likeness (QED) is 0.410. The van der Waals surface area contributed by atoms with E-state index in [2.05, 4.69) is 15.2 Å². The molecule has 0 radical (unpaired) electrons. The van der Waals surface area contributed by atoms with Crippen LogP contribution in [-0.2, 0) is 12.7 Å². The Morgan fingerprint density at radius 2 is 1.74 bits per heavy atom. The zero-order chi connectivity index (χ0) is 27.0. The number of hydrogen-bond donors (Lipinski definition) is 1. The number of benzene rings is 2. The maximum atomic E-state index is 13.5. The number of thiazole rings is 1. The fraction of sp³-hybridized carbons (Fsp3) is 0.481. The van der Waals surface area contributed by atoms with E-state index in [-0.39, 0.29) is 29.5 Å². The molecule has 11 heteroatoms. The van der Waals surface area contributed by atoms with E-state index in [4.69, 9.17) is 14.2 Å². The number of fused-ring (bicyclic) bond motifs is 3. The Labute approximate surface area is 222 Å². The Balaban J connectivity index is 1.30. The maximum absolute atomic E-state index is 13.5. The van der Waals surface area contributed by atoms with Crippen LogP contribution in [0.4, 0.5) is 13.2 Å². The van der Waals surface area contributed by atoms with Crippen molar-refractivity contribution in [3.8, 4) is 17.2 Å². The fourth-order valence-electron chi connectivity index (χ4n) is 5.78. The molecule has 38 heavy (non-hydrogen) atoms. The number of nitrogens with one attached hydrogen (secondary N) is 1. The van der Waals surface area contributed by atoms with Gasteiger partial charge in [-0.25, -0.2) is 4.98 Å². The first-order valence-electron chi connectivity index (χ1n) is 12.5. The number of para-hydroxylation sites is 1. The number of aromatic nitrogens is 1. The molecular formula is C27H30F3N3O4S. The van der Waals surface area contributed by atoms with Crippen LogP contribution in [0.2, 0.25) is 0 Å². The minimum atomic E-state index is -4.43. The fourth-order valence-corrected chi connectivity index (χ4v) is 6.79. The Hall–Kier alpha value is -3.05. The lowest BCUT2D eigenvalue weighted by molar-refractivity contribution is -0.136. The van der Waals surface area contributed by atoms with Crippen molar-refractivity contribution in [2.75, 3.05) is 21.3 Å². The highest BCUT2D eigenvalue weighted by Gasteiger charge is 2.40. The number of alkyl halides is 3. The number of carbonyl (C=O) groups excluding carboxylic acids is 1. The summed E-state index contributed by atoms with van der Waals surface area (Å²) in [5, 5.41) is 3.87. The minimum absolute atomic E-state index is 0.0136. The highest BCUT2D eigenvalue weighted by Crippen LogP contribution is 2.40. The van der Waals surface area contributed by atoms with E-state index in [1.807, 2.05) is 0 Å². The number of halogens is 3. The first-order chi connectivity index (χ1) is 18.2. The van der Waals surface area contributed by atoms with Gasteiger partial charge in [-0.05, 0) is 49.9 Å². The molecular weight excluding hydrogens is 519 g/mol. The van der Waals surface area contributed by atoms with Crippen molar-refractivity contribution in [2.24, 2.45) is 0 Å². The number of rotatable bonds is 7. The lowest BCUT2D eigenvalue weighted by Gasteiger charge is -2.48. The molecule has 2 aromatic carbocycles. The molecule has 0 saturated carbocycles. The summed E-state index contributed by atoms with van der Waals surface area (Å²) < 4.78 is 57.1. The zero-order valence-corrected chi connectivity index (χ0v) is 22.2. The van der Waals surface area contributed by atoms with Crippen molar-refractivity contribution in [1.29, 1.82) is 0 Å². The second-order valence-corrected chi connectivity index (χ2v) is 10.8. The van der Waals surface area contributed by atoms with Gasteiger partial charge >= 0.3 is 6.18 Å². The van der Waals surface area contributed by atoms with Crippen molar-refractivity contribution in [3.63, 3.8) is 0 Å². The Kier molecular flexibility index (Phi) is 7.41. The number of ether oxygens (including phenoxy) is 3. The van der Waals surface area contributed by atoms with Crippen LogP contribution < -0.4 is 19.5 Å². The molecule has 2 aliphatic heterocycles. The predicted molar refractivity (Wildman–Crippen MR) is 138 cm³/mol. The van der Waals surface area contributed by atoms with Gasteiger partial charge in [0, 0.05) is 23.7 Å². The standard InChI is InChI=1S/C27H30F3N3O4S/c1-35-20-10-15(11-21(36-2)25(20)37-3)26(34)31-16-12-17-6-4-7-18(13-16)33(17)14-23-32-24-19(27(28,29)30)8-5-9-22(24)38-23/h5,8-11,16-18H,4,6-7,12-14H2,1-3H3,(H,31,34)/t16?,17-,18+. The number of piperidine rings is 2. The van der Waals surface area contributed by atoms with Crippen LogP contribution in [0, 0.1) is 0 Å². The molecule has 1 amide bonds. The smallest absolute Gasteiger partial charge is 0.418 e. The summed E-state index contributed by atoms with van der Waals surface area (Å²) in [4.78, 5) is 20.0. The molecule has 7 nitrogen and oxygen atoms in total. The number of hydrogen-bond acceptors (Lipinski definition) is 7. The number of nitrogens with zero attached hydrogens (tertiary/aromatic N) is 2. The molecule has 2 aliphatic rings. The summed E-state index contributed by atoms with van der Waals surface area (Å²) in [5.74, 6) is 1.03. The van der Waals surface area contributed by atoms with E-state index >= 15 is 0 Å². The molecule has 3 heterocycles. The lowest BCUT2D eigenvalue weighted by atomic mass is 9.81. The summed E-state index contributed by atoms with van der Waals surface area (Å²) in [5.41, 5.74) is -0.245. The third kappa shape index (κ3) is 5.13. The molecule has 2 fully saturated rings. The van der Waals surface area contributed by atoms with Gasteiger partial charge in [0.2, 0.25) is 5.75 Å². The summed E-state index contributed by atoms with van der Waals surface area (Å²) in [6.45, 7) is 0.513. The Morgan fingerprint density at radius 3 is 2.32 bits per heavy atom. The van der Waals surface area contributed by atoms with Crippen LogP contribution >= 0.6 is 11.3 Å². The summed E-state index contributed by atoms with van der Waals surface area (Å²) in [6, 6.07) is 7.91. The van der Waals surface area contributed by atoms with Gasteiger partial charge in [0.25, 0.3) is 5.91 Å². The molecule has 204 valence electrons. The largest absolute Gasteiger partial charge is 0.493 e. The average molecular weight is 550 g/mol. The molecule has 3 aromatic rings. The zero-order valence-electron chi connectivity index (χ0n) is 21.4. The molecule has 0 spiro atoms. The van der Waals surface area contributed by atoms with Crippen LogP contribution in [0.25, 0.3) is 10.2 Å². The number of amides is 1. The maximum Gasteiger partial charge on any atom is 0.418 e. The van der Waals surface area contributed by atoms with Crippen LogP contribution in [-0.4, -0.2) is 55.2 Å².